The fraction of sp³-hybridized carbons (Fsp3) is 0.333. The fourth-order valence-corrected chi connectivity index (χ4v) is 2.87. The Labute approximate surface area is 127 Å². The number of halogens is 1. The Kier molecular flexibility index (Phi) is 5.22. The third-order valence-corrected chi connectivity index (χ3v) is 3.82. The number of aryl methyl sites for hydroxylation is 2. The molecule has 2 rings (SSSR count). The Morgan fingerprint density at radius 1 is 1.10 bits per heavy atom. The van der Waals surface area contributed by atoms with Crippen molar-refractivity contribution in [2.24, 2.45) is 0 Å². The van der Waals surface area contributed by atoms with E-state index in [4.69, 9.17) is 11.6 Å². The summed E-state index contributed by atoms with van der Waals surface area (Å²) in [6.07, 6.45) is 0.998. The third-order valence-electron chi connectivity index (χ3n) is 3.58. The molecule has 0 aromatic heterocycles. The predicted octanol–water partition coefficient (Wildman–Crippen LogP) is 4.85. The van der Waals surface area contributed by atoms with Crippen molar-refractivity contribution >= 4 is 11.6 Å². The number of hydrogen-bond acceptors (Lipinski definition) is 1. The van der Waals surface area contributed by atoms with Gasteiger partial charge in [-0.3, -0.25) is 0 Å². The summed E-state index contributed by atoms with van der Waals surface area (Å²) in [7, 11) is 0. The van der Waals surface area contributed by atoms with Crippen molar-refractivity contribution < 1.29 is 0 Å². The number of likely N-dealkylation sites (N-methyl/N-ethyl adjacent to an activating group) is 1. The average Bonchev–Trinajstić information content (AvgIpc) is 2.38. The van der Waals surface area contributed by atoms with Crippen molar-refractivity contribution in [3.63, 3.8) is 0 Å². The van der Waals surface area contributed by atoms with Crippen molar-refractivity contribution in [2.75, 3.05) is 6.54 Å². The molecule has 1 N–H and O–H groups in total. The normalized spacial score (nSPS) is 12.4. The van der Waals surface area contributed by atoms with Crippen LogP contribution >= 0.6 is 11.6 Å². The van der Waals surface area contributed by atoms with Gasteiger partial charge in [-0.05, 0) is 55.6 Å². The maximum atomic E-state index is 6.06. The van der Waals surface area contributed by atoms with Crippen LogP contribution in [-0.2, 0) is 6.42 Å². The first-order valence-corrected chi connectivity index (χ1v) is 7.53. The number of hydrogen-bond donors (Lipinski definition) is 1. The summed E-state index contributed by atoms with van der Waals surface area (Å²) in [4.78, 5) is 0. The summed E-state index contributed by atoms with van der Waals surface area (Å²) in [5.41, 5.74) is 5.25. The molecule has 0 heterocycles. The standard InChI is InChI=1S/C18H22ClN/c1-4-20-18(12-15-7-5-6-13(2)10-15)17-9-8-16(19)11-14(17)3/h5-11,18,20H,4,12H2,1-3H3. The van der Waals surface area contributed by atoms with Crippen LogP contribution in [0.4, 0.5) is 0 Å². The van der Waals surface area contributed by atoms with Crippen molar-refractivity contribution in [1.29, 1.82) is 0 Å². The van der Waals surface area contributed by atoms with Crippen LogP contribution in [0, 0.1) is 13.8 Å². The van der Waals surface area contributed by atoms with Crippen LogP contribution in [0.3, 0.4) is 0 Å². The highest BCUT2D eigenvalue weighted by atomic mass is 35.5. The molecule has 0 radical (unpaired) electrons. The molecule has 1 nitrogen and oxygen atoms in total. The lowest BCUT2D eigenvalue weighted by atomic mass is 9.95. The van der Waals surface area contributed by atoms with Gasteiger partial charge in [0, 0.05) is 11.1 Å². The van der Waals surface area contributed by atoms with Crippen molar-refractivity contribution in [3.05, 3.63) is 69.7 Å². The molecule has 0 aliphatic carbocycles. The molecule has 0 spiro atoms. The highest BCUT2D eigenvalue weighted by molar-refractivity contribution is 6.30. The molecule has 1 unspecified atom stereocenters. The van der Waals surface area contributed by atoms with E-state index in [1.807, 2.05) is 12.1 Å². The van der Waals surface area contributed by atoms with Gasteiger partial charge < -0.3 is 5.32 Å². The van der Waals surface area contributed by atoms with Crippen LogP contribution in [-0.4, -0.2) is 6.54 Å². The van der Waals surface area contributed by atoms with E-state index in [0.29, 0.717) is 6.04 Å². The topological polar surface area (TPSA) is 12.0 Å². The maximum Gasteiger partial charge on any atom is 0.0408 e. The Morgan fingerprint density at radius 2 is 1.90 bits per heavy atom. The summed E-state index contributed by atoms with van der Waals surface area (Å²) in [5, 5.41) is 4.39. The molecule has 0 amide bonds. The molecule has 0 bridgehead atoms. The van der Waals surface area contributed by atoms with Gasteiger partial charge in [0.05, 0.1) is 0 Å². The van der Waals surface area contributed by atoms with E-state index < -0.39 is 0 Å². The third kappa shape index (κ3) is 3.84. The van der Waals surface area contributed by atoms with Gasteiger partial charge in [0.1, 0.15) is 0 Å². The maximum absolute atomic E-state index is 6.06. The van der Waals surface area contributed by atoms with Crippen molar-refractivity contribution in [1.82, 2.24) is 5.32 Å². The summed E-state index contributed by atoms with van der Waals surface area (Å²) in [6.45, 7) is 7.37. The van der Waals surface area contributed by atoms with E-state index >= 15 is 0 Å². The molecule has 2 aromatic rings. The summed E-state index contributed by atoms with van der Waals surface area (Å²) >= 11 is 6.06. The molecule has 1 atom stereocenters. The monoisotopic (exact) mass is 287 g/mol. The van der Waals surface area contributed by atoms with Gasteiger partial charge >= 0.3 is 0 Å². The van der Waals surface area contributed by atoms with E-state index in [2.05, 4.69) is 56.4 Å². The average molecular weight is 288 g/mol. The highest BCUT2D eigenvalue weighted by Crippen LogP contribution is 2.24. The minimum Gasteiger partial charge on any atom is -0.310 e. The van der Waals surface area contributed by atoms with Gasteiger partial charge in [-0.15, -0.1) is 0 Å². The zero-order valence-electron chi connectivity index (χ0n) is 12.4. The molecular weight excluding hydrogens is 266 g/mol. The molecule has 106 valence electrons. The number of nitrogens with one attached hydrogen (secondary N) is 1. The SMILES string of the molecule is CCNC(Cc1cccc(C)c1)c1ccc(Cl)cc1C. The first-order chi connectivity index (χ1) is 9.60. The van der Waals surface area contributed by atoms with Crippen molar-refractivity contribution in [3.8, 4) is 0 Å². The quantitative estimate of drug-likeness (QED) is 0.829. The lowest BCUT2D eigenvalue weighted by Gasteiger charge is -2.21. The fourth-order valence-electron chi connectivity index (χ4n) is 2.64. The van der Waals surface area contributed by atoms with Gasteiger partial charge in [-0.1, -0.05) is 54.4 Å². The molecule has 2 aromatic carbocycles. The molecular formula is C18H22ClN. The first kappa shape index (κ1) is 15.1. The minimum atomic E-state index is 0.332. The molecule has 0 fully saturated rings. The van der Waals surface area contributed by atoms with Gasteiger partial charge in [0.25, 0.3) is 0 Å². The van der Waals surface area contributed by atoms with Crippen LogP contribution < -0.4 is 5.32 Å². The Hall–Kier alpha value is -1.31. The van der Waals surface area contributed by atoms with Gasteiger partial charge in [-0.2, -0.15) is 0 Å². The van der Waals surface area contributed by atoms with Crippen LogP contribution in [0.15, 0.2) is 42.5 Å². The van der Waals surface area contributed by atoms with Gasteiger partial charge in [0.15, 0.2) is 0 Å². The van der Waals surface area contributed by atoms with Crippen LogP contribution in [0.2, 0.25) is 5.02 Å². The number of rotatable bonds is 5. The second kappa shape index (κ2) is 6.92. The number of benzene rings is 2. The minimum absolute atomic E-state index is 0.332. The van der Waals surface area contributed by atoms with Crippen molar-refractivity contribution in [2.45, 2.75) is 33.2 Å². The van der Waals surface area contributed by atoms with E-state index in [1.54, 1.807) is 0 Å². The lowest BCUT2D eigenvalue weighted by molar-refractivity contribution is 0.547. The molecule has 2 heteroatoms. The Balaban J connectivity index is 2.26. The zero-order valence-corrected chi connectivity index (χ0v) is 13.2. The van der Waals surface area contributed by atoms with E-state index in [-0.39, 0.29) is 0 Å². The second-order valence-corrected chi connectivity index (χ2v) is 5.74. The van der Waals surface area contributed by atoms with Crippen LogP contribution in [0.5, 0.6) is 0 Å². The zero-order chi connectivity index (χ0) is 14.5. The molecule has 0 saturated heterocycles. The summed E-state index contributed by atoms with van der Waals surface area (Å²) in [6, 6.07) is 15.2. The predicted molar refractivity (Wildman–Crippen MR) is 87.5 cm³/mol. The van der Waals surface area contributed by atoms with Crippen LogP contribution in [0.1, 0.15) is 35.2 Å². The molecule has 0 aliphatic heterocycles. The smallest absolute Gasteiger partial charge is 0.0408 e. The molecule has 0 saturated carbocycles. The summed E-state index contributed by atoms with van der Waals surface area (Å²) in [5.74, 6) is 0. The van der Waals surface area contributed by atoms with Gasteiger partial charge in [0.2, 0.25) is 0 Å². The Bertz CT molecular complexity index is 577. The molecule has 20 heavy (non-hydrogen) atoms. The van der Waals surface area contributed by atoms with Gasteiger partial charge in [-0.25, -0.2) is 0 Å². The summed E-state index contributed by atoms with van der Waals surface area (Å²) < 4.78 is 0. The Morgan fingerprint density at radius 3 is 2.55 bits per heavy atom. The highest BCUT2D eigenvalue weighted by Gasteiger charge is 2.13. The first-order valence-electron chi connectivity index (χ1n) is 7.15. The lowest BCUT2D eigenvalue weighted by Crippen LogP contribution is -2.23. The van der Waals surface area contributed by atoms with E-state index in [0.717, 1.165) is 18.0 Å². The largest absolute Gasteiger partial charge is 0.310 e. The molecule has 0 aliphatic rings. The van der Waals surface area contributed by atoms with Crippen LogP contribution in [0.25, 0.3) is 0 Å². The second-order valence-electron chi connectivity index (χ2n) is 5.30. The van der Waals surface area contributed by atoms with E-state index in [9.17, 15) is 0 Å². The van der Waals surface area contributed by atoms with E-state index in [1.165, 1.54) is 22.3 Å².